The van der Waals surface area contributed by atoms with Gasteiger partial charge in [0.05, 0.1) is 6.20 Å². The fraction of sp³-hybridized carbons (Fsp3) is 0.417. The molecular weight excluding hydrogens is 253 g/mol. The molecule has 2 rings (SSSR count). The highest BCUT2D eigenvalue weighted by molar-refractivity contribution is 5.93. The molecule has 1 aliphatic rings. The molecule has 1 saturated heterocycles. The Bertz CT molecular complexity index is 521. The van der Waals surface area contributed by atoms with Crippen LogP contribution < -0.4 is 10.2 Å². The standard InChI is InChI=1S/C12H14FN3O3/c1-7(17)15-9-2-3-16(6-9)11-10(12(18)19)4-8(13)5-14-11/h4-5,9H,2-3,6H2,1H3,(H,15,17)(H,18,19). The SMILES string of the molecule is CC(=O)NC1CCN(c2ncc(F)cc2C(=O)O)C1. The van der Waals surface area contributed by atoms with E-state index in [2.05, 4.69) is 10.3 Å². The maximum absolute atomic E-state index is 13.0. The van der Waals surface area contributed by atoms with Crippen LogP contribution in [0.15, 0.2) is 12.3 Å². The largest absolute Gasteiger partial charge is 0.478 e. The Labute approximate surface area is 109 Å². The Kier molecular flexibility index (Phi) is 3.64. The zero-order valence-electron chi connectivity index (χ0n) is 10.4. The van der Waals surface area contributed by atoms with Crippen molar-refractivity contribution < 1.29 is 19.1 Å². The molecule has 0 saturated carbocycles. The molecular formula is C12H14FN3O3. The molecule has 1 unspecified atom stereocenters. The van der Waals surface area contributed by atoms with Crippen LogP contribution in [0.4, 0.5) is 10.2 Å². The van der Waals surface area contributed by atoms with E-state index < -0.39 is 11.8 Å². The molecule has 1 aromatic heterocycles. The quantitative estimate of drug-likeness (QED) is 0.839. The molecule has 6 nitrogen and oxygen atoms in total. The number of carboxylic acids is 1. The summed E-state index contributed by atoms with van der Waals surface area (Å²) < 4.78 is 13.0. The zero-order valence-corrected chi connectivity index (χ0v) is 10.4. The maximum atomic E-state index is 13.0. The van der Waals surface area contributed by atoms with Crippen LogP contribution in [0.2, 0.25) is 0 Å². The van der Waals surface area contributed by atoms with Crippen molar-refractivity contribution in [3.05, 3.63) is 23.6 Å². The first-order valence-electron chi connectivity index (χ1n) is 5.88. The summed E-state index contributed by atoms with van der Waals surface area (Å²) in [7, 11) is 0. The highest BCUT2D eigenvalue weighted by Crippen LogP contribution is 2.23. The molecule has 0 aromatic carbocycles. The number of amides is 1. The number of aromatic nitrogens is 1. The molecule has 0 aliphatic carbocycles. The number of rotatable bonds is 3. The van der Waals surface area contributed by atoms with Crippen LogP contribution in [0.25, 0.3) is 0 Å². The fourth-order valence-corrected chi connectivity index (χ4v) is 2.20. The van der Waals surface area contributed by atoms with Crippen LogP contribution in [0.5, 0.6) is 0 Å². The van der Waals surface area contributed by atoms with Gasteiger partial charge in [-0.1, -0.05) is 0 Å². The third-order valence-electron chi connectivity index (χ3n) is 2.96. The summed E-state index contributed by atoms with van der Waals surface area (Å²) in [6.45, 7) is 2.48. The van der Waals surface area contributed by atoms with E-state index in [1.807, 2.05) is 0 Å². The topological polar surface area (TPSA) is 82.5 Å². The Morgan fingerprint density at radius 1 is 1.58 bits per heavy atom. The van der Waals surface area contributed by atoms with Gasteiger partial charge in [-0.3, -0.25) is 4.79 Å². The van der Waals surface area contributed by atoms with Crippen LogP contribution in [0.3, 0.4) is 0 Å². The van der Waals surface area contributed by atoms with Gasteiger partial charge in [-0.2, -0.15) is 0 Å². The van der Waals surface area contributed by atoms with E-state index in [0.717, 1.165) is 12.3 Å². The first-order valence-corrected chi connectivity index (χ1v) is 5.88. The summed E-state index contributed by atoms with van der Waals surface area (Å²) in [6.07, 6.45) is 1.70. The first kappa shape index (κ1) is 13.3. The van der Waals surface area contributed by atoms with Crippen molar-refractivity contribution in [1.82, 2.24) is 10.3 Å². The van der Waals surface area contributed by atoms with Gasteiger partial charge in [-0.15, -0.1) is 0 Å². The Morgan fingerprint density at radius 2 is 2.32 bits per heavy atom. The number of aromatic carboxylic acids is 1. The molecule has 0 bridgehead atoms. The predicted octanol–water partition coefficient (Wildman–Crippen LogP) is 0.634. The van der Waals surface area contributed by atoms with Crippen LogP contribution in [0, 0.1) is 5.82 Å². The molecule has 2 heterocycles. The number of hydrogen-bond acceptors (Lipinski definition) is 4. The molecule has 1 atom stereocenters. The number of carbonyl (C=O) groups excluding carboxylic acids is 1. The number of carbonyl (C=O) groups is 2. The van der Waals surface area contributed by atoms with Crippen molar-refractivity contribution in [3.63, 3.8) is 0 Å². The molecule has 1 aliphatic heterocycles. The van der Waals surface area contributed by atoms with Gasteiger partial charge in [0.25, 0.3) is 0 Å². The van der Waals surface area contributed by atoms with Crippen molar-refractivity contribution in [2.75, 3.05) is 18.0 Å². The summed E-state index contributed by atoms with van der Waals surface area (Å²) in [4.78, 5) is 27.7. The van der Waals surface area contributed by atoms with Crippen LogP contribution in [-0.2, 0) is 4.79 Å². The van der Waals surface area contributed by atoms with E-state index in [1.54, 1.807) is 4.90 Å². The lowest BCUT2D eigenvalue weighted by Gasteiger charge is -2.19. The third-order valence-corrected chi connectivity index (χ3v) is 2.96. The maximum Gasteiger partial charge on any atom is 0.339 e. The van der Waals surface area contributed by atoms with Gasteiger partial charge in [0.2, 0.25) is 5.91 Å². The summed E-state index contributed by atoms with van der Waals surface area (Å²) >= 11 is 0. The van der Waals surface area contributed by atoms with Gasteiger partial charge in [-0.05, 0) is 12.5 Å². The second-order valence-corrected chi connectivity index (χ2v) is 4.46. The minimum Gasteiger partial charge on any atom is -0.478 e. The van der Waals surface area contributed by atoms with Gasteiger partial charge in [0.1, 0.15) is 17.2 Å². The smallest absolute Gasteiger partial charge is 0.339 e. The number of hydrogen-bond donors (Lipinski definition) is 2. The highest BCUT2D eigenvalue weighted by atomic mass is 19.1. The second-order valence-electron chi connectivity index (χ2n) is 4.46. The number of anilines is 1. The van der Waals surface area contributed by atoms with E-state index >= 15 is 0 Å². The van der Waals surface area contributed by atoms with Crippen LogP contribution >= 0.6 is 0 Å². The summed E-state index contributed by atoms with van der Waals surface area (Å²) in [5, 5.41) is 11.8. The van der Waals surface area contributed by atoms with E-state index in [1.165, 1.54) is 6.92 Å². The average molecular weight is 267 g/mol. The zero-order chi connectivity index (χ0) is 14.0. The molecule has 19 heavy (non-hydrogen) atoms. The minimum absolute atomic E-state index is 0.0361. The van der Waals surface area contributed by atoms with E-state index in [0.29, 0.717) is 19.5 Å². The molecule has 1 aromatic rings. The monoisotopic (exact) mass is 267 g/mol. The predicted molar refractivity (Wildman–Crippen MR) is 65.6 cm³/mol. The Hall–Kier alpha value is -2.18. The first-order chi connectivity index (χ1) is 8.97. The van der Waals surface area contributed by atoms with Crippen molar-refractivity contribution in [2.45, 2.75) is 19.4 Å². The number of pyridine rings is 1. The fourth-order valence-electron chi connectivity index (χ4n) is 2.20. The number of nitrogens with one attached hydrogen (secondary N) is 1. The summed E-state index contributed by atoms with van der Waals surface area (Å²) in [5.41, 5.74) is -0.163. The van der Waals surface area contributed by atoms with Gasteiger partial charge >= 0.3 is 5.97 Å². The number of carboxylic acid groups (broad SMARTS) is 1. The lowest BCUT2D eigenvalue weighted by molar-refractivity contribution is -0.119. The molecule has 1 fully saturated rings. The third kappa shape index (κ3) is 2.98. The molecule has 0 radical (unpaired) electrons. The molecule has 0 spiro atoms. The Morgan fingerprint density at radius 3 is 2.95 bits per heavy atom. The van der Waals surface area contributed by atoms with Crippen LogP contribution in [-0.4, -0.2) is 41.1 Å². The van der Waals surface area contributed by atoms with E-state index in [9.17, 15) is 14.0 Å². The van der Waals surface area contributed by atoms with Crippen LogP contribution in [0.1, 0.15) is 23.7 Å². The van der Waals surface area contributed by atoms with Crippen molar-refractivity contribution in [1.29, 1.82) is 0 Å². The average Bonchev–Trinajstić information content (AvgIpc) is 2.76. The lowest BCUT2D eigenvalue weighted by atomic mass is 10.2. The molecule has 7 heteroatoms. The molecule has 102 valence electrons. The molecule has 1 amide bonds. The van der Waals surface area contributed by atoms with Crippen molar-refractivity contribution in [3.8, 4) is 0 Å². The number of nitrogens with zero attached hydrogens (tertiary/aromatic N) is 2. The second kappa shape index (κ2) is 5.21. The number of halogens is 1. The van der Waals surface area contributed by atoms with Gasteiger partial charge in [-0.25, -0.2) is 14.2 Å². The normalized spacial score (nSPS) is 18.4. The van der Waals surface area contributed by atoms with E-state index in [4.69, 9.17) is 5.11 Å². The van der Waals surface area contributed by atoms with E-state index in [-0.39, 0.29) is 23.3 Å². The van der Waals surface area contributed by atoms with Crippen molar-refractivity contribution in [2.24, 2.45) is 0 Å². The highest BCUT2D eigenvalue weighted by Gasteiger charge is 2.27. The minimum atomic E-state index is -1.22. The summed E-state index contributed by atoms with van der Waals surface area (Å²) in [6, 6.07) is 0.919. The summed E-state index contributed by atoms with van der Waals surface area (Å²) in [5.74, 6) is -1.79. The van der Waals surface area contributed by atoms with Crippen molar-refractivity contribution >= 4 is 17.7 Å². The van der Waals surface area contributed by atoms with Gasteiger partial charge in [0.15, 0.2) is 0 Å². The molecule has 2 N–H and O–H groups in total. The Balaban J connectivity index is 2.19. The van der Waals surface area contributed by atoms with Gasteiger partial charge < -0.3 is 15.3 Å². The van der Waals surface area contributed by atoms with Gasteiger partial charge in [0, 0.05) is 26.1 Å². The lowest BCUT2D eigenvalue weighted by Crippen LogP contribution is -2.36.